The molecule has 86 valence electrons. The highest BCUT2D eigenvalue weighted by molar-refractivity contribution is 5.14. The molecule has 0 aliphatic carbocycles. The van der Waals surface area contributed by atoms with Gasteiger partial charge >= 0.3 is 0 Å². The first-order valence-corrected chi connectivity index (χ1v) is 5.53. The lowest BCUT2D eigenvalue weighted by Gasteiger charge is -2.20. The van der Waals surface area contributed by atoms with Crippen LogP contribution in [0.3, 0.4) is 0 Å². The maximum absolute atomic E-state index is 9.19. The van der Waals surface area contributed by atoms with E-state index < -0.39 is 0 Å². The van der Waals surface area contributed by atoms with Crippen molar-refractivity contribution in [1.29, 1.82) is 0 Å². The lowest BCUT2D eigenvalue weighted by atomic mass is 10.0. The molecule has 1 N–H and O–H groups in total. The minimum Gasteiger partial charge on any atom is -0.390 e. The van der Waals surface area contributed by atoms with Gasteiger partial charge in [0, 0.05) is 0 Å². The van der Waals surface area contributed by atoms with Crippen LogP contribution < -0.4 is 0 Å². The van der Waals surface area contributed by atoms with Crippen LogP contribution in [0.5, 0.6) is 0 Å². The maximum Gasteiger partial charge on any atom is 0.112 e. The highest BCUT2D eigenvalue weighted by Gasteiger charge is 2.20. The quantitative estimate of drug-likeness (QED) is 0.829. The van der Waals surface area contributed by atoms with Crippen LogP contribution in [0.1, 0.15) is 58.0 Å². The van der Waals surface area contributed by atoms with Crippen LogP contribution in [0.2, 0.25) is 0 Å². The Kier molecular flexibility index (Phi) is 3.85. The number of hydrogen-bond acceptors (Lipinski definition) is 3. The lowest BCUT2D eigenvalue weighted by molar-refractivity contribution is 0.274. The number of nitrogens with zero attached hydrogens (tertiary/aromatic N) is 3. The maximum atomic E-state index is 9.19. The SMILES string of the molecule is CC(C)c1c(CO)nnn1C(C)C(C)C. The van der Waals surface area contributed by atoms with E-state index in [1.54, 1.807) is 0 Å². The van der Waals surface area contributed by atoms with E-state index >= 15 is 0 Å². The number of hydrogen-bond donors (Lipinski definition) is 1. The Morgan fingerprint density at radius 3 is 2.20 bits per heavy atom. The molecule has 0 aliphatic rings. The van der Waals surface area contributed by atoms with E-state index in [-0.39, 0.29) is 6.61 Å². The summed E-state index contributed by atoms with van der Waals surface area (Å²) in [6, 6.07) is 0.315. The van der Waals surface area contributed by atoms with Gasteiger partial charge in [-0.15, -0.1) is 5.10 Å². The topological polar surface area (TPSA) is 50.9 Å². The van der Waals surface area contributed by atoms with Gasteiger partial charge in [0.1, 0.15) is 5.69 Å². The summed E-state index contributed by atoms with van der Waals surface area (Å²) in [6.07, 6.45) is 0. The molecule has 1 rings (SSSR count). The zero-order chi connectivity index (χ0) is 11.6. The van der Waals surface area contributed by atoms with Gasteiger partial charge in [-0.2, -0.15) is 0 Å². The Hall–Kier alpha value is -0.900. The number of aliphatic hydroxyl groups is 1. The summed E-state index contributed by atoms with van der Waals surface area (Å²) in [4.78, 5) is 0. The Bertz CT molecular complexity index is 318. The molecule has 0 aromatic carbocycles. The van der Waals surface area contributed by atoms with Gasteiger partial charge in [-0.05, 0) is 18.8 Å². The first kappa shape index (κ1) is 12.2. The van der Waals surface area contributed by atoms with Gasteiger partial charge in [-0.3, -0.25) is 0 Å². The Labute approximate surface area is 91.3 Å². The Balaban J connectivity index is 3.12. The van der Waals surface area contributed by atoms with E-state index in [9.17, 15) is 5.11 Å². The fraction of sp³-hybridized carbons (Fsp3) is 0.818. The predicted octanol–water partition coefficient (Wildman–Crippen LogP) is 2.11. The Morgan fingerprint density at radius 2 is 1.80 bits per heavy atom. The molecule has 0 spiro atoms. The molecule has 0 saturated heterocycles. The molecule has 0 aliphatic heterocycles. The van der Waals surface area contributed by atoms with Crippen LogP contribution in [0.25, 0.3) is 0 Å². The molecular formula is C11H21N3O. The van der Waals surface area contributed by atoms with Gasteiger partial charge in [0.25, 0.3) is 0 Å². The molecule has 1 unspecified atom stereocenters. The van der Waals surface area contributed by atoms with Crippen LogP contribution in [-0.4, -0.2) is 20.1 Å². The summed E-state index contributed by atoms with van der Waals surface area (Å²) >= 11 is 0. The van der Waals surface area contributed by atoms with E-state index in [1.165, 1.54) is 0 Å². The van der Waals surface area contributed by atoms with Crippen molar-refractivity contribution in [3.8, 4) is 0 Å². The average molecular weight is 211 g/mol. The second-order valence-corrected chi connectivity index (χ2v) is 4.66. The van der Waals surface area contributed by atoms with Crippen LogP contribution in [-0.2, 0) is 6.61 Å². The summed E-state index contributed by atoms with van der Waals surface area (Å²) in [5.41, 5.74) is 1.76. The average Bonchev–Trinajstić information content (AvgIpc) is 2.59. The largest absolute Gasteiger partial charge is 0.390 e. The van der Waals surface area contributed by atoms with Crippen molar-refractivity contribution in [2.24, 2.45) is 5.92 Å². The molecule has 0 amide bonds. The summed E-state index contributed by atoms with van der Waals surface area (Å²) in [7, 11) is 0. The third-order valence-corrected chi connectivity index (χ3v) is 2.85. The van der Waals surface area contributed by atoms with Crippen LogP contribution >= 0.6 is 0 Å². The molecule has 1 heterocycles. The number of aliphatic hydroxyl groups excluding tert-OH is 1. The summed E-state index contributed by atoms with van der Waals surface area (Å²) < 4.78 is 1.95. The van der Waals surface area contributed by atoms with E-state index in [0.717, 1.165) is 5.69 Å². The summed E-state index contributed by atoms with van der Waals surface area (Å²) in [5.74, 6) is 0.846. The van der Waals surface area contributed by atoms with Crippen molar-refractivity contribution in [1.82, 2.24) is 15.0 Å². The van der Waals surface area contributed by atoms with Crippen molar-refractivity contribution >= 4 is 0 Å². The minimum atomic E-state index is -0.0294. The zero-order valence-corrected chi connectivity index (χ0v) is 10.2. The smallest absolute Gasteiger partial charge is 0.112 e. The van der Waals surface area contributed by atoms with E-state index in [2.05, 4.69) is 44.9 Å². The fourth-order valence-corrected chi connectivity index (χ4v) is 1.63. The van der Waals surface area contributed by atoms with E-state index in [1.807, 2.05) is 4.68 Å². The van der Waals surface area contributed by atoms with Gasteiger partial charge in [-0.25, -0.2) is 4.68 Å². The van der Waals surface area contributed by atoms with E-state index in [0.29, 0.717) is 23.6 Å². The number of aromatic nitrogens is 3. The minimum absolute atomic E-state index is 0.0294. The van der Waals surface area contributed by atoms with Crippen molar-refractivity contribution < 1.29 is 5.11 Å². The monoisotopic (exact) mass is 211 g/mol. The van der Waals surface area contributed by atoms with Crippen LogP contribution in [0.15, 0.2) is 0 Å². The first-order valence-electron chi connectivity index (χ1n) is 5.53. The van der Waals surface area contributed by atoms with Gasteiger partial charge in [0.15, 0.2) is 0 Å². The molecule has 1 aromatic heterocycles. The number of rotatable bonds is 4. The Morgan fingerprint density at radius 1 is 1.20 bits per heavy atom. The zero-order valence-electron chi connectivity index (χ0n) is 10.2. The van der Waals surface area contributed by atoms with Gasteiger partial charge in [0.05, 0.1) is 18.3 Å². The van der Waals surface area contributed by atoms with E-state index in [4.69, 9.17) is 0 Å². The second kappa shape index (κ2) is 4.75. The van der Waals surface area contributed by atoms with Gasteiger partial charge in [-0.1, -0.05) is 32.9 Å². The van der Waals surface area contributed by atoms with Crippen molar-refractivity contribution in [2.45, 2.75) is 53.2 Å². The fourth-order valence-electron chi connectivity index (χ4n) is 1.63. The standard InChI is InChI=1S/C11H21N3O/c1-7(2)9(5)14-11(8(3)4)10(6-15)12-13-14/h7-9,15H,6H2,1-5H3. The molecule has 0 radical (unpaired) electrons. The summed E-state index contributed by atoms with van der Waals surface area (Å²) in [5, 5.41) is 17.3. The van der Waals surface area contributed by atoms with Crippen LogP contribution in [0.4, 0.5) is 0 Å². The van der Waals surface area contributed by atoms with Gasteiger partial charge < -0.3 is 5.11 Å². The normalized spacial score (nSPS) is 13.9. The predicted molar refractivity (Wildman–Crippen MR) is 59.6 cm³/mol. The second-order valence-electron chi connectivity index (χ2n) is 4.66. The van der Waals surface area contributed by atoms with Crippen molar-refractivity contribution in [3.05, 3.63) is 11.4 Å². The molecule has 4 nitrogen and oxygen atoms in total. The molecule has 0 bridgehead atoms. The summed E-state index contributed by atoms with van der Waals surface area (Å²) in [6.45, 7) is 10.6. The third kappa shape index (κ3) is 2.37. The van der Waals surface area contributed by atoms with Crippen LogP contribution in [0, 0.1) is 5.92 Å². The molecule has 0 saturated carbocycles. The van der Waals surface area contributed by atoms with Crippen molar-refractivity contribution in [2.75, 3.05) is 0 Å². The molecular weight excluding hydrogens is 190 g/mol. The lowest BCUT2D eigenvalue weighted by Crippen LogP contribution is -2.17. The molecule has 15 heavy (non-hydrogen) atoms. The molecule has 4 heteroatoms. The van der Waals surface area contributed by atoms with Gasteiger partial charge in [0.2, 0.25) is 0 Å². The van der Waals surface area contributed by atoms with Crippen molar-refractivity contribution in [3.63, 3.8) is 0 Å². The third-order valence-electron chi connectivity index (χ3n) is 2.85. The molecule has 0 fully saturated rings. The highest BCUT2D eigenvalue weighted by Crippen LogP contribution is 2.24. The molecule has 1 atom stereocenters. The highest BCUT2D eigenvalue weighted by atomic mass is 16.3. The first-order chi connectivity index (χ1) is 6.99. The molecule has 1 aromatic rings.